The summed E-state index contributed by atoms with van der Waals surface area (Å²) in [4.78, 5) is 20.7. The Morgan fingerprint density at radius 1 is 1.27 bits per heavy atom. The number of H-pyrrole nitrogens is 1. The summed E-state index contributed by atoms with van der Waals surface area (Å²) < 4.78 is 3.17. The number of aromatic nitrogens is 4. The molecule has 1 saturated carbocycles. The van der Waals surface area contributed by atoms with Crippen LogP contribution >= 0.6 is 11.3 Å². The van der Waals surface area contributed by atoms with Crippen molar-refractivity contribution < 1.29 is 9.90 Å². The molecule has 2 N–H and O–H groups in total. The van der Waals surface area contributed by atoms with Gasteiger partial charge in [0.1, 0.15) is 6.33 Å². The average molecular weight is 423 g/mol. The Labute approximate surface area is 179 Å². The highest BCUT2D eigenvalue weighted by atomic mass is 32.1. The van der Waals surface area contributed by atoms with Gasteiger partial charge in [0.2, 0.25) is 0 Å². The van der Waals surface area contributed by atoms with E-state index in [9.17, 15) is 9.90 Å². The van der Waals surface area contributed by atoms with Gasteiger partial charge in [0.25, 0.3) is 0 Å². The Kier molecular flexibility index (Phi) is 4.65. The summed E-state index contributed by atoms with van der Waals surface area (Å²) in [5.74, 6) is 0.0512. The average Bonchev–Trinajstić information content (AvgIpc) is 3.41. The van der Waals surface area contributed by atoms with Gasteiger partial charge in [-0.2, -0.15) is 5.10 Å². The second-order valence-electron chi connectivity index (χ2n) is 8.79. The van der Waals surface area contributed by atoms with Gasteiger partial charge >= 0.3 is 5.97 Å². The number of aliphatic carboxylic acids is 1. The molecule has 4 heterocycles. The van der Waals surface area contributed by atoms with Crippen LogP contribution in [0.3, 0.4) is 0 Å². The number of carbonyl (C=O) groups is 1. The second kappa shape index (κ2) is 7.23. The van der Waals surface area contributed by atoms with Gasteiger partial charge in [0, 0.05) is 16.6 Å². The topological polar surface area (TPSA) is 83.3 Å². The summed E-state index contributed by atoms with van der Waals surface area (Å²) in [7, 11) is 0. The molecule has 0 bridgehead atoms. The number of rotatable bonds is 4. The zero-order valence-corrected chi connectivity index (χ0v) is 18.3. The zero-order chi connectivity index (χ0) is 21.0. The standard InChI is InChI=1S/C23H26N4O2S/c1-12(2)19-20(16-8-13(3)22-24-11-25-27(22)10-16)26-17-9-18(30-21(17)19)14-4-6-15(7-5-14)23(28)29/h8-12,14-15,26H,4-7H2,1-3H3,(H,28,29). The van der Waals surface area contributed by atoms with Gasteiger partial charge in [-0.05, 0) is 67.7 Å². The van der Waals surface area contributed by atoms with Crippen LogP contribution < -0.4 is 0 Å². The molecule has 156 valence electrons. The third-order valence-corrected chi connectivity index (χ3v) is 7.76. The lowest BCUT2D eigenvalue weighted by molar-refractivity contribution is -0.142. The van der Waals surface area contributed by atoms with Crippen molar-refractivity contribution in [2.45, 2.75) is 58.3 Å². The molecule has 1 aliphatic rings. The molecule has 30 heavy (non-hydrogen) atoms. The summed E-state index contributed by atoms with van der Waals surface area (Å²) in [5.41, 5.74) is 6.81. The van der Waals surface area contributed by atoms with Gasteiger partial charge < -0.3 is 10.1 Å². The molecule has 0 unspecified atom stereocenters. The van der Waals surface area contributed by atoms with Crippen molar-refractivity contribution in [2.24, 2.45) is 5.92 Å². The van der Waals surface area contributed by atoms with Crippen molar-refractivity contribution in [1.82, 2.24) is 19.6 Å². The highest BCUT2D eigenvalue weighted by molar-refractivity contribution is 7.19. The second-order valence-corrected chi connectivity index (χ2v) is 9.87. The number of aromatic amines is 1. The number of nitrogens with one attached hydrogen (secondary N) is 1. The molecule has 0 spiro atoms. The molecule has 5 rings (SSSR count). The minimum atomic E-state index is -0.641. The summed E-state index contributed by atoms with van der Waals surface area (Å²) >= 11 is 1.88. The molecule has 6 nitrogen and oxygen atoms in total. The van der Waals surface area contributed by atoms with Crippen LogP contribution in [0.25, 0.3) is 27.1 Å². The Morgan fingerprint density at radius 3 is 2.73 bits per heavy atom. The highest BCUT2D eigenvalue weighted by Crippen LogP contribution is 2.45. The van der Waals surface area contributed by atoms with Crippen LogP contribution in [-0.2, 0) is 4.79 Å². The van der Waals surface area contributed by atoms with Gasteiger partial charge in [0.15, 0.2) is 5.65 Å². The minimum absolute atomic E-state index is 0.168. The largest absolute Gasteiger partial charge is 0.481 e. The van der Waals surface area contributed by atoms with Crippen LogP contribution in [0.2, 0.25) is 0 Å². The molecular formula is C23H26N4O2S. The van der Waals surface area contributed by atoms with Crippen LogP contribution in [-0.4, -0.2) is 30.7 Å². The van der Waals surface area contributed by atoms with Gasteiger partial charge in [-0.25, -0.2) is 9.50 Å². The molecule has 1 aliphatic carbocycles. The van der Waals surface area contributed by atoms with E-state index in [0.717, 1.165) is 48.2 Å². The van der Waals surface area contributed by atoms with E-state index in [1.54, 1.807) is 6.33 Å². The molecule has 7 heteroatoms. The quantitative estimate of drug-likeness (QED) is 0.440. The van der Waals surface area contributed by atoms with Gasteiger partial charge in [-0.15, -0.1) is 11.3 Å². The number of nitrogens with zero attached hydrogens (tertiary/aromatic N) is 3. The van der Waals surface area contributed by atoms with Crippen molar-refractivity contribution in [3.8, 4) is 11.3 Å². The first kappa shape index (κ1) is 19.3. The Balaban J connectivity index is 1.54. The maximum absolute atomic E-state index is 11.3. The van der Waals surface area contributed by atoms with Crippen molar-refractivity contribution in [2.75, 3.05) is 0 Å². The molecule has 0 amide bonds. The molecule has 0 aromatic carbocycles. The van der Waals surface area contributed by atoms with Gasteiger partial charge in [-0.3, -0.25) is 4.79 Å². The number of aryl methyl sites for hydroxylation is 1. The monoisotopic (exact) mass is 422 g/mol. The van der Waals surface area contributed by atoms with Crippen LogP contribution in [0, 0.1) is 12.8 Å². The molecule has 0 radical (unpaired) electrons. The smallest absolute Gasteiger partial charge is 0.306 e. The minimum Gasteiger partial charge on any atom is -0.481 e. The molecule has 1 fully saturated rings. The van der Waals surface area contributed by atoms with Gasteiger partial charge in [0.05, 0.1) is 21.8 Å². The lowest BCUT2D eigenvalue weighted by atomic mass is 9.81. The number of carboxylic acid groups (broad SMARTS) is 1. The molecule has 0 atom stereocenters. The third kappa shape index (κ3) is 3.12. The Bertz CT molecular complexity index is 1240. The number of hydrogen-bond donors (Lipinski definition) is 2. The van der Waals surface area contributed by atoms with Crippen LogP contribution in [0.15, 0.2) is 24.7 Å². The van der Waals surface area contributed by atoms with Crippen molar-refractivity contribution >= 4 is 33.2 Å². The predicted molar refractivity (Wildman–Crippen MR) is 119 cm³/mol. The summed E-state index contributed by atoms with van der Waals surface area (Å²) in [6.45, 7) is 6.55. The molecular weight excluding hydrogens is 396 g/mol. The van der Waals surface area contributed by atoms with E-state index in [-0.39, 0.29) is 5.92 Å². The van der Waals surface area contributed by atoms with E-state index >= 15 is 0 Å². The molecule has 4 aromatic rings. The normalized spacial score (nSPS) is 19.9. The maximum atomic E-state index is 11.3. The summed E-state index contributed by atoms with van der Waals surface area (Å²) in [5, 5.41) is 13.6. The number of thiophene rings is 1. The predicted octanol–water partition coefficient (Wildman–Crippen LogP) is 5.73. The van der Waals surface area contributed by atoms with Crippen LogP contribution in [0.4, 0.5) is 0 Å². The maximum Gasteiger partial charge on any atom is 0.306 e. The Hall–Kier alpha value is -2.67. The highest BCUT2D eigenvalue weighted by Gasteiger charge is 2.29. The third-order valence-electron chi connectivity index (χ3n) is 6.43. The van der Waals surface area contributed by atoms with Crippen molar-refractivity contribution in [3.05, 3.63) is 40.7 Å². The number of fused-ring (bicyclic) bond motifs is 2. The van der Waals surface area contributed by atoms with E-state index in [2.05, 4.69) is 48.0 Å². The zero-order valence-electron chi connectivity index (χ0n) is 17.5. The first-order valence-corrected chi connectivity index (χ1v) is 11.4. The molecule has 0 aliphatic heterocycles. The fourth-order valence-corrected chi connectivity index (χ4v) is 6.34. The van der Waals surface area contributed by atoms with Crippen LogP contribution in [0.1, 0.15) is 67.4 Å². The van der Waals surface area contributed by atoms with E-state index < -0.39 is 5.97 Å². The summed E-state index contributed by atoms with van der Waals surface area (Å²) in [6.07, 6.45) is 7.13. The summed E-state index contributed by atoms with van der Waals surface area (Å²) in [6, 6.07) is 4.47. The number of pyridine rings is 1. The van der Waals surface area contributed by atoms with Crippen molar-refractivity contribution in [1.29, 1.82) is 0 Å². The Morgan fingerprint density at radius 2 is 2.03 bits per heavy atom. The number of carboxylic acids is 1. The van der Waals surface area contributed by atoms with E-state index in [1.165, 1.54) is 20.7 Å². The van der Waals surface area contributed by atoms with E-state index in [0.29, 0.717) is 11.8 Å². The van der Waals surface area contributed by atoms with Gasteiger partial charge in [-0.1, -0.05) is 13.8 Å². The van der Waals surface area contributed by atoms with E-state index in [1.807, 2.05) is 22.0 Å². The fraction of sp³-hybridized carbons (Fsp3) is 0.435. The molecule has 0 saturated heterocycles. The lowest BCUT2D eigenvalue weighted by Gasteiger charge is -2.25. The van der Waals surface area contributed by atoms with Crippen molar-refractivity contribution in [3.63, 3.8) is 0 Å². The van der Waals surface area contributed by atoms with E-state index in [4.69, 9.17) is 0 Å². The SMILES string of the molecule is Cc1cc(-c2[nH]c3cc(C4CCC(C(=O)O)CC4)sc3c2C(C)C)cn2ncnc12. The number of hydrogen-bond acceptors (Lipinski definition) is 4. The first-order chi connectivity index (χ1) is 14.4. The van der Waals surface area contributed by atoms with Crippen LogP contribution in [0.5, 0.6) is 0 Å². The fourth-order valence-electron chi connectivity index (χ4n) is 4.85. The lowest BCUT2D eigenvalue weighted by Crippen LogP contribution is -2.20. The molecule has 4 aromatic heterocycles. The first-order valence-electron chi connectivity index (χ1n) is 10.6.